The Labute approximate surface area is 125 Å². The Morgan fingerprint density at radius 1 is 1.43 bits per heavy atom. The number of rotatable bonds is 4. The molecule has 1 aliphatic heterocycles. The van der Waals surface area contributed by atoms with Gasteiger partial charge in [0, 0.05) is 31.9 Å². The highest BCUT2D eigenvalue weighted by molar-refractivity contribution is 5.60. The van der Waals surface area contributed by atoms with E-state index in [4.69, 9.17) is 0 Å². The summed E-state index contributed by atoms with van der Waals surface area (Å²) in [7, 11) is 2.08. The summed E-state index contributed by atoms with van der Waals surface area (Å²) in [5.41, 5.74) is 2.42. The molecule has 112 valence electrons. The Morgan fingerprint density at radius 3 is 3.10 bits per heavy atom. The van der Waals surface area contributed by atoms with Crippen LogP contribution in [0.25, 0.3) is 0 Å². The number of aryl methyl sites for hydroxylation is 1. The van der Waals surface area contributed by atoms with Gasteiger partial charge in [0.1, 0.15) is 18.0 Å². The van der Waals surface area contributed by atoms with E-state index in [1.54, 1.807) is 6.33 Å². The van der Waals surface area contributed by atoms with Gasteiger partial charge in [-0.3, -0.25) is 4.68 Å². The van der Waals surface area contributed by atoms with Gasteiger partial charge < -0.3 is 10.2 Å². The second-order valence-corrected chi connectivity index (χ2v) is 5.71. The largest absolute Gasteiger partial charge is 0.369 e. The highest BCUT2D eigenvalue weighted by Gasteiger charge is 2.22. The first-order valence-corrected chi connectivity index (χ1v) is 7.48. The summed E-state index contributed by atoms with van der Waals surface area (Å²) in [6, 6.07) is 2.06. The van der Waals surface area contributed by atoms with Crippen molar-refractivity contribution in [3.8, 4) is 0 Å². The van der Waals surface area contributed by atoms with Crippen LogP contribution in [0.15, 0.2) is 18.6 Å². The molecule has 0 fully saturated rings. The average Bonchev–Trinajstić information content (AvgIpc) is 2.93. The summed E-state index contributed by atoms with van der Waals surface area (Å²) >= 11 is 0. The van der Waals surface area contributed by atoms with E-state index in [0.29, 0.717) is 5.92 Å². The monoisotopic (exact) mass is 286 g/mol. The van der Waals surface area contributed by atoms with Crippen molar-refractivity contribution in [1.29, 1.82) is 0 Å². The lowest BCUT2D eigenvalue weighted by Crippen LogP contribution is -2.27. The maximum Gasteiger partial charge on any atom is 0.137 e. The van der Waals surface area contributed by atoms with Crippen molar-refractivity contribution in [3.63, 3.8) is 0 Å². The third-order valence-electron chi connectivity index (χ3n) is 3.96. The second kappa shape index (κ2) is 5.71. The molecule has 0 aromatic carbocycles. The number of nitrogens with one attached hydrogen (secondary N) is 1. The van der Waals surface area contributed by atoms with Crippen molar-refractivity contribution in [2.45, 2.75) is 33.4 Å². The molecule has 21 heavy (non-hydrogen) atoms. The summed E-state index contributed by atoms with van der Waals surface area (Å²) in [6.07, 6.45) is 4.52. The minimum atomic E-state index is 0.608. The predicted octanol–water partition coefficient (Wildman–Crippen LogP) is 1.93. The van der Waals surface area contributed by atoms with Crippen molar-refractivity contribution in [3.05, 3.63) is 29.8 Å². The highest BCUT2D eigenvalue weighted by atomic mass is 15.3. The Hall–Kier alpha value is -2.11. The molecule has 2 aromatic heterocycles. The number of aromatic nitrogens is 4. The van der Waals surface area contributed by atoms with Gasteiger partial charge in [0.25, 0.3) is 0 Å². The fourth-order valence-corrected chi connectivity index (χ4v) is 2.86. The molecule has 0 aliphatic carbocycles. The topological polar surface area (TPSA) is 58.9 Å². The van der Waals surface area contributed by atoms with Crippen LogP contribution in [0.4, 0.5) is 11.6 Å². The van der Waals surface area contributed by atoms with Gasteiger partial charge in [0.05, 0.1) is 12.2 Å². The molecule has 0 bridgehead atoms. The molecular formula is C15H22N6. The normalized spacial score (nSPS) is 17.2. The van der Waals surface area contributed by atoms with Gasteiger partial charge in [-0.2, -0.15) is 5.10 Å². The molecular weight excluding hydrogens is 264 g/mol. The molecule has 3 rings (SSSR count). The molecule has 0 spiro atoms. The fourth-order valence-electron chi connectivity index (χ4n) is 2.86. The minimum Gasteiger partial charge on any atom is -0.369 e. The first-order valence-electron chi connectivity index (χ1n) is 7.48. The maximum atomic E-state index is 4.51. The first-order chi connectivity index (χ1) is 10.2. The van der Waals surface area contributed by atoms with Gasteiger partial charge in [0.2, 0.25) is 0 Å². The lowest BCUT2D eigenvalue weighted by molar-refractivity contribution is 0.584. The van der Waals surface area contributed by atoms with Crippen LogP contribution >= 0.6 is 0 Å². The summed E-state index contributed by atoms with van der Waals surface area (Å²) < 4.78 is 2.02. The number of hydrogen-bond acceptors (Lipinski definition) is 5. The molecule has 0 saturated heterocycles. The molecule has 6 nitrogen and oxygen atoms in total. The van der Waals surface area contributed by atoms with Gasteiger partial charge in [-0.15, -0.1) is 0 Å². The lowest BCUT2D eigenvalue weighted by atomic mass is 9.98. The zero-order valence-corrected chi connectivity index (χ0v) is 12.9. The number of nitrogens with zero attached hydrogens (tertiary/aromatic N) is 5. The van der Waals surface area contributed by atoms with E-state index in [0.717, 1.165) is 37.7 Å². The van der Waals surface area contributed by atoms with Crippen molar-refractivity contribution in [2.24, 2.45) is 5.92 Å². The van der Waals surface area contributed by atoms with Crippen molar-refractivity contribution < 1.29 is 0 Å². The maximum absolute atomic E-state index is 4.51. The molecule has 0 amide bonds. The highest BCUT2D eigenvalue weighted by Crippen LogP contribution is 2.29. The van der Waals surface area contributed by atoms with Crippen LogP contribution in [0, 0.1) is 5.92 Å². The third-order valence-corrected chi connectivity index (χ3v) is 3.96. The molecule has 1 aliphatic rings. The Morgan fingerprint density at radius 2 is 2.29 bits per heavy atom. The Kier molecular flexibility index (Phi) is 3.77. The molecule has 1 N–H and O–H groups in total. The van der Waals surface area contributed by atoms with Crippen LogP contribution < -0.4 is 10.2 Å². The SMILES string of the molecule is CCn1nccc1CN(C)c1ncnc2c1CC(C)CN2. The van der Waals surface area contributed by atoms with Crippen LogP contribution in [0.1, 0.15) is 25.1 Å². The number of hydrogen-bond donors (Lipinski definition) is 1. The van der Waals surface area contributed by atoms with E-state index in [2.05, 4.69) is 52.2 Å². The predicted molar refractivity (Wildman–Crippen MR) is 83.4 cm³/mol. The molecule has 0 saturated carbocycles. The molecule has 1 unspecified atom stereocenters. The zero-order valence-electron chi connectivity index (χ0n) is 12.9. The molecule has 6 heteroatoms. The van der Waals surface area contributed by atoms with Crippen molar-refractivity contribution >= 4 is 11.6 Å². The summed E-state index contributed by atoms with van der Waals surface area (Å²) in [5, 5.41) is 7.72. The molecule has 2 aromatic rings. The van der Waals surface area contributed by atoms with E-state index in [1.165, 1.54) is 11.3 Å². The third kappa shape index (κ3) is 2.70. The molecule has 1 atom stereocenters. The van der Waals surface area contributed by atoms with E-state index in [-0.39, 0.29) is 0 Å². The van der Waals surface area contributed by atoms with Crippen LogP contribution in [-0.4, -0.2) is 33.3 Å². The second-order valence-electron chi connectivity index (χ2n) is 5.71. The lowest BCUT2D eigenvalue weighted by Gasteiger charge is -2.27. The standard InChI is InChI=1S/C15H22N6/c1-4-21-12(5-6-19-21)9-20(3)15-13-7-11(2)8-16-14(13)17-10-18-15/h5-6,10-11H,4,7-9H2,1-3H3,(H,16,17,18). The van der Waals surface area contributed by atoms with Crippen molar-refractivity contribution in [2.75, 3.05) is 23.8 Å². The van der Waals surface area contributed by atoms with E-state index >= 15 is 0 Å². The average molecular weight is 286 g/mol. The Bertz CT molecular complexity index is 620. The summed E-state index contributed by atoms with van der Waals surface area (Å²) in [5.74, 6) is 2.61. The first kappa shape index (κ1) is 13.9. The summed E-state index contributed by atoms with van der Waals surface area (Å²) in [6.45, 7) is 7.02. The zero-order chi connectivity index (χ0) is 14.8. The number of fused-ring (bicyclic) bond motifs is 1. The fraction of sp³-hybridized carbons (Fsp3) is 0.533. The minimum absolute atomic E-state index is 0.608. The van der Waals surface area contributed by atoms with E-state index in [9.17, 15) is 0 Å². The van der Waals surface area contributed by atoms with Crippen LogP contribution in [0.3, 0.4) is 0 Å². The van der Waals surface area contributed by atoms with Crippen molar-refractivity contribution in [1.82, 2.24) is 19.7 Å². The summed E-state index contributed by atoms with van der Waals surface area (Å²) in [4.78, 5) is 11.1. The van der Waals surface area contributed by atoms with Gasteiger partial charge >= 0.3 is 0 Å². The van der Waals surface area contributed by atoms with Gasteiger partial charge in [-0.1, -0.05) is 6.92 Å². The van der Waals surface area contributed by atoms with Gasteiger partial charge in [-0.25, -0.2) is 9.97 Å². The smallest absolute Gasteiger partial charge is 0.137 e. The van der Waals surface area contributed by atoms with Gasteiger partial charge in [-0.05, 0) is 25.3 Å². The van der Waals surface area contributed by atoms with Gasteiger partial charge in [0.15, 0.2) is 0 Å². The quantitative estimate of drug-likeness (QED) is 0.930. The van der Waals surface area contributed by atoms with Crippen LogP contribution in [0.2, 0.25) is 0 Å². The Balaban J connectivity index is 1.86. The van der Waals surface area contributed by atoms with E-state index < -0.39 is 0 Å². The number of anilines is 2. The van der Waals surface area contributed by atoms with E-state index in [1.807, 2.05) is 10.9 Å². The molecule has 0 radical (unpaired) electrons. The van der Waals surface area contributed by atoms with Crippen LogP contribution in [-0.2, 0) is 19.5 Å². The molecule has 3 heterocycles. The van der Waals surface area contributed by atoms with Crippen LogP contribution in [0.5, 0.6) is 0 Å².